The van der Waals surface area contributed by atoms with Crippen LogP contribution in [0, 0.1) is 13.8 Å². The highest BCUT2D eigenvalue weighted by molar-refractivity contribution is 7.99. The summed E-state index contributed by atoms with van der Waals surface area (Å²) in [6.07, 6.45) is 0. The molecule has 7 nitrogen and oxygen atoms in total. The Bertz CT molecular complexity index is 996. The zero-order valence-electron chi connectivity index (χ0n) is 14.1. The van der Waals surface area contributed by atoms with Crippen molar-refractivity contribution in [1.29, 1.82) is 0 Å². The molecule has 3 rings (SSSR count). The quantitative estimate of drug-likeness (QED) is 0.458. The van der Waals surface area contributed by atoms with Crippen LogP contribution in [-0.4, -0.2) is 31.7 Å². The van der Waals surface area contributed by atoms with Crippen LogP contribution in [0.5, 0.6) is 5.88 Å². The predicted molar refractivity (Wildman–Crippen MR) is 103 cm³/mol. The molecule has 1 amide bonds. The average Bonchev–Trinajstić information content (AvgIpc) is 2.93. The molecule has 2 aromatic heterocycles. The molecule has 0 saturated heterocycles. The van der Waals surface area contributed by atoms with Crippen molar-refractivity contribution in [2.45, 2.75) is 19.0 Å². The van der Waals surface area contributed by atoms with E-state index in [4.69, 9.17) is 0 Å². The summed E-state index contributed by atoms with van der Waals surface area (Å²) in [4.78, 5) is 35.1. The Morgan fingerprint density at radius 2 is 2.00 bits per heavy atom. The summed E-state index contributed by atoms with van der Waals surface area (Å²) in [5.41, 5.74) is 2.54. The zero-order chi connectivity index (χ0) is 18.7. The normalized spacial score (nSPS) is 10.7. The van der Waals surface area contributed by atoms with Crippen molar-refractivity contribution in [3.8, 4) is 17.1 Å². The second-order valence-corrected chi connectivity index (χ2v) is 7.70. The lowest BCUT2D eigenvalue weighted by molar-refractivity contribution is -0.113. The zero-order valence-corrected chi connectivity index (χ0v) is 15.7. The molecule has 0 aliphatic heterocycles. The van der Waals surface area contributed by atoms with Gasteiger partial charge in [-0.2, -0.15) is 4.98 Å². The van der Waals surface area contributed by atoms with Gasteiger partial charge < -0.3 is 15.4 Å². The number of thiazole rings is 1. The fraction of sp³-hybridized carbons (Fsp3) is 0.176. The monoisotopic (exact) mass is 388 g/mol. The summed E-state index contributed by atoms with van der Waals surface area (Å²) in [6.45, 7) is 3.98. The number of nitrogens with one attached hydrogen (secondary N) is 2. The maximum atomic E-state index is 12.1. The molecule has 26 heavy (non-hydrogen) atoms. The Hall–Kier alpha value is -2.65. The maximum absolute atomic E-state index is 12.1. The summed E-state index contributed by atoms with van der Waals surface area (Å²) >= 11 is 2.43. The number of aryl methyl sites for hydroxylation is 2. The molecule has 3 N–H and O–H groups in total. The van der Waals surface area contributed by atoms with Crippen LogP contribution in [0.2, 0.25) is 0 Å². The van der Waals surface area contributed by atoms with Gasteiger partial charge in [-0.05, 0) is 13.8 Å². The van der Waals surface area contributed by atoms with Gasteiger partial charge >= 0.3 is 0 Å². The Labute approximate surface area is 157 Å². The average molecular weight is 388 g/mol. The second-order valence-electron chi connectivity index (χ2n) is 5.54. The highest BCUT2D eigenvalue weighted by Gasteiger charge is 2.13. The van der Waals surface area contributed by atoms with Crippen molar-refractivity contribution < 1.29 is 9.90 Å². The van der Waals surface area contributed by atoms with Crippen LogP contribution < -0.4 is 10.9 Å². The second kappa shape index (κ2) is 7.71. The van der Waals surface area contributed by atoms with Crippen LogP contribution in [0.3, 0.4) is 0 Å². The number of aromatic amines is 1. The van der Waals surface area contributed by atoms with Gasteiger partial charge in [-0.25, -0.2) is 4.98 Å². The number of H-pyrrole nitrogens is 1. The number of aromatic hydroxyl groups is 1. The van der Waals surface area contributed by atoms with Gasteiger partial charge in [0.15, 0.2) is 10.3 Å². The molecule has 0 bridgehead atoms. The highest BCUT2D eigenvalue weighted by Crippen LogP contribution is 2.30. The van der Waals surface area contributed by atoms with Crippen molar-refractivity contribution in [3.05, 3.63) is 51.1 Å². The summed E-state index contributed by atoms with van der Waals surface area (Å²) in [5, 5.41) is 12.7. The molecule has 2 heterocycles. The van der Waals surface area contributed by atoms with Crippen molar-refractivity contribution in [1.82, 2.24) is 15.0 Å². The third kappa shape index (κ3) is 4.50. The molecule has 3 aromatic rings. The van der Waals surface area contributed by atoms with Gasteiger partial charge in [-0.3, -0.25) is 9.59 Å². The molecule has 0 aliphatic rings. The third-order valence-electron chi connectivity index (χ3n) is 3.41. The Kier molecular flexibility index (Phi) is 5.38. The van der Waals surface area contributed by atoms with Crippen molar-refractivity contribution in [3.63, 3.8) is 0 Å². The molecular weight excluding hydrogens is 372 g/mol. The molecule has 0 spiro atoms. The van der Waals surface area contributed by atoms with E-state index in [1.54, 1.807) is 0 Å². The largest absolute Gasteiger partial charge is 0.493 e. The number of amides is 1. The van der Waals surface area contributed by atoms with Gasteiger partial charge in [0.25, 0.3) is 5.56 Å². The number of rotatable bonds is 5. The van der Waals surface area contributed by atoms with Gasteiger partial charge in [-0.15, -0.1) is 11.3 Å². The fourth-order valence-electron chi connectivity index (χ4n) is 2.21. The number of carbonyl (C=O) groups is 1. The summed E-state index contributed by atoms with van der Waals surface area (Å²) in [6, 6.07) is 9.01. The SMILES string of the molecule is Cc1ccc(-c2nc(NC(=O)CSc3nc(O)cc(=O)[nH]3)sc2C)cc1. The van der Waals surface area contributed by atoms with Crippen LogP contribution in [0.25, 0.3) is 11.3 Å². The van der Waals surface area contributed by atoms with Crippen LogP contribution >= 0.6 is 23.1 Å². The van der Waals surface area contributed by atoms with E-state index in [0.717, 1.165) is 34.0 Å². The molecule has 9 heteroatoms. The minimum atomic E-state index is -0.473. The van der Waals surface area contributed by atoms with E-state index in [9.17, 15) is 14.7 Å². The first kappa shape index (κ1) is 18.2. The summed E-state index contributed by atoms with van der Waals surface area (Å²) < 4.78 is 0. The number of thioether (sulfide) groups is 1. The molecule has 0 saturated carbocycles. The maximum Gasteiger partial charge on any atom is 0.255 e. The lowest BCUT2D eigenvalue weighted by atomic mass is 10.1. The fourth-order valence-corrected chi connectivity index (χ4v) is 3.73. The number of aromatic nitrogens is 3. The van der Waals surface area contributed by atoms with Crippen molar-refractivity contribution >= 4 is 34.1 Å². The number of benzene rings is 1. The van der Waals surface area contributed by atoms with E-state index in [1.165, 1.54) is 16.9 Å². The van der Waals surface area contributed by atoms with Crippen molar-refractivity contribution in [2.24, 2.45) is 0 Å². The van der Waals surface area contributed by atoms with Gasteiger partial charge in [0, 0.05) is 10.4 Å². The number of hydrogen-bond donors (Lipinski definition) is 3. The molecule has 0 atom stereocenters. The van der Waals surface area contributed by atoms with E-state index in [0.29, 0.717) is 5.13 Å². The van der Waals surface area contributed by atoms with Gasteiger partial charge in [0.1, 0.15) is 0 Å². The molecule has 1 aromatic carbocycles. The minimum absolute atomic E-state index is 0.0326. The first-order valence-corrected chi connectivity index (χ1v) is 9.48. The Morgan fingerprint density at radius 3 is 2.69 bits per heavy atom. The molecule has 134 valence electrons. The molecule has 0 unspecified atom stereocenters. The smallest absolute Gasteiger partial charge is 0.255 e. The van der Waals surface area contributed by atoms with Crippen LogP contribution in [-0.2, 0) is 4.79 Å². The molecule has 0 radical (unpaired) electrons. The summed E-state index contributed by atoms with van der Waals surface area (Å²) in [5.74, 6) is -0.620. The van der Waals surface area contributed by atoms with E-state index in [1.807, 2.05) is 38.1 Å². The van der Waals surface area contributed by atoms with E-state index >= 15 is 0 Å². The molecular formula is C17H16N4O3S2. The van der Waals surface area contributed by atoms with E-state index < -0.39 is 5.56 Å². The minimum Gasteiger partial charge on any atom is -0.493 e. The van der Waals surface area contributed by atoms with Crippen molar-refractivity contribution in [2.75, 3.05) is 11.1 Å². The van der Waals surface area contributed by atoms with Gasteiger partial charge in [0.2, 0.25) is 11.8 Å². The third-order valence-corrected chi connectivity index (χ3v) is 5.17. The number of nitrogens with zero attached hydrogens (tertiary/aromatic N) is 2. The number of anilines is 1. The standard InChI is InChI=1S/C17H16N4O3S2/c1-9-3-5-11(6-4-9)15-10(2)26-17(21-15)20-14(24)8-25-16-18-12(22)7-13(23)19-16/h3-7H,8H2,1-2H3,(H,20,21,24)(H2,18,19,22,23). The summed E-state index contributed by atoms with van der Waals surface area (Å²) in [7, 11) is 0. The van der Waals surface area contributed by atoms with Gasteiger partial charge in [-0.1, -0.05) is 41.6 Å². The van der Waals surface area contributed by atoms with E-state index in [-0.39, 0.29) is 22.7 Å². The first-order chi connectivity index (χ1) is 12.4. The highest BCUT2D eigenvalue weighted by atomic mass is 32.2. The van der Waals surface area contributed by atoms with Crippen LogP contribution in [0.1, 0.15) is 10.4 Å². The number of carbonyl (C=O) groups excluding carboxylic acids is 1. The van der Waals surface area contributed by atoms with Crippen LogP contribution in [0.4, 0.5) is 5.13 Å². The van der Waals surface area contributed by atoms with Gasteiger partial charge in [0.05, 0.1) is 17.5 Å². The van der Waals surface area contributed by atoms with E-state index in [2.05, 4.69) is 20.3 Å². The topological polar surface area (TPSA) is 108 Å². The Balaban J connectivity index is 1.65. The lowest BCUT2D eigenvalue weighted by Gasteiger charge is -2.02. The lowest BCUT2D eigenvalue weighted by Crippen LogP contribution is -2.15. The predicted octanol–water partition coefficient (Wildman–Crippen LogP) is 2.95. The Morgan fingerprint density at radius 1 is 1.27 bits per heavy atom. The van der Waals surface area contributed by atoms with Crippen LogP contribution in [0.15, 0.2) is 40.3 Å². The molecule has 0 fully saturated rings. The first-order valence-electron chi connectivity index (χ1n) is 7.68. The number of hydrogen-bond acceptors (Lipinski definition) is 7. The molecule has 0 aliphatic carbocycles.